The molecule has 0 aromatic rings. The summed E-state index contributed by atoms with van der Waals surface area (Å²) < 4.78 is 13.9. The number of hydrogen-bond donors (Lipinski definition) is 0. The SMILES string of the molecule is CCC(=O)[O][Sb]([O]C(C)=O)[O]C(C)=O. The fourth-order valence-electron chi connectivity index (χ4n) is 0.414. The Morgan fingerprint density at radius 2 is 1.43 bits per heavy atom. The second kappa shape index (κ2) is 6.65. The summed E-state index contributed by atoms with van der Waals surface area (Å²) in [5, 5.41) is 0. The minimum atomic E-state index is -3.42. The van der Waals surface area contributed by atoms with Crippen LogP contribution in [0, 0.1) is 0 Å². The first-order valence-corrected chi connectivity index (χ1v) is 6.96. The molecule has 14 heavy (non-hydrogen) atoms. The van der Waals surface area contributed by atoms with Crippen LogP contribution in [0.15, 0.2) is 0 Å². The predicted octanol–water partition coefficient (Wildman–Crippen LogP) is 0.0507. The first-order chi connectivity index (χ1) is 6.45. The Bertz CT molecular complexity index is 222. The van der Waals surface area contributed by atoms with Crippen molar-refractivity contribution in [3.05, 3.63) is 0 Å². The van der Waals surface area contributed by atoms with Gasteiger partial charge in [0, 0.05) is 0 Å². The van der Waals surface area contributed by atoms with E-state index in [0.29, 0.717) is 0 Å². The van der Waals surface area contributed by atoms with Crippen LogP contribution in [0.1, 0.15) is 27.2 Å². The Morgan fingerprint density at radius 3 is 1.71 bits per heavy atom. The molecule has 0 aromatic heterocycles. The van der Waals surface area contributed by atoms with Crippen molar-refractivity contribution in [1.29, 1.82) is 0 Å². The first kappa shape index (κ1) is 13.2. The molecule has 0 aromatic carbocycles. The van der Waals surface area contributed by atoms with Gasteiger partial charge in [0.15, 0.2) is 0 Å². The van der Waals surface area contributed by atoms with Crippen LogP contribution >= 0.6 is 0 Å². The van der Waals surface area contributed by atoms with Gasteiger partial charge in [-0.15, -0.1) is 0 Å². The maximum atomic E-state index is 10.8. The van der Waals surface area contributed by atoms with Crippen LogP contribution in [0.5, 0.6) is 0 Å². The number of hydrogen-bond acceptors (Lipinski definition) is 6. The van der Waals surface area contributed by atoms with Gasteiger partial charge in [-0.2, -0.15) is 0 Å². The van der Waals surface area contributed by atoms with Crippen LogP contribution in [-0.4, -0.2) is 39.4 Å². The summed E-state index contributed by atoms with van der Waals surface area (Å²) in [6, 6.07) is 0. The summed E-state index contributed by atoms with van der Waals surface area (Å²) in [5.74, 6) is -1.80. The number of rotatable bonds is 4. The molecule has 0 aliphatic carbocycles. The van der Waals surface area contributed by atoms with Crippen molar-refractivity contribution in [1.82, 2.24) is 0 Å². The van der Waals surface area contributed by atoms with E-state index in [0.717, 1.165) is 13.8 Å². The van der Waals surface area contributed by atoms with Crippen molar-refractivity contribution in [2.75, 3.05) is 0 Å². The quantitative estimate of drug-likeness (QED) is 0.683. The first-order valence-electron chi connectivity index (χ1n) is 3.83. The van der Waals surface area contributed by atoms with Crippen molar-refractivity contribution in [3.63, 3.8) is 0 Å². The average Bonchev–Trinajstić information content (AvgIpc) is 2.01. The molecule has 6 nitrogen and oxygen atoms in total. The Kier molecular flexibility index (Phi) is 6.28. The molecule has 0 saturated heterocycles. The molecule has 0 spiro atoms. The molecule has 0 unspecified atom stereocenters. The van der Waals surface area contributed by atoms with Gasteiger partial charge >= 0.3 is 90.0 Å². The Hall–Kier alpha value is -0.772. The van der Waals surface area contributed by atoms with E-state index in [1.807, 2.05) is 0 Å². The predicted molar refractivity (Wildman–Crippen MR) is 45.7 cm³/mol. The van der Waals surface area contributed by atoms with E-state index in [-0.39, 0.29) is 6.42 Å². The molecular weight excluding hydrogens is 302 g/mol. The van der Waals surface area contributed by atoms with Crippen LogP contribution < -0.4 is 0 Å². The van der Waals surface area contributed by atoms with E-state index >= 15 is 0 Å². The third-order valence-corrected chi connectivity index (χ3v) is 4.20. The van der Waals surface area contributed by atoms with E-state index in [1.54, 1.807) is 6.92 Å². The molecule has 0 aliphatic rings. The van der Waals surface area contributed by atoms with E-state index < -0.39 is 39.4 Å². The van der Waals surface area contributed by atoms with Crippen molar-refractivity contribution in [2.45, 2.75) is 27.2 Å². The summed E-state index contributed by atoms with van der Waals surface area (Å²) in [6.07, 6.45) is 0.142. The molecule has 80 valence electrons. The van der Waals surface area contributed by atoms with Crippen molar-refractivity contribution < 1.29 is 23.4 Å². The molecule has 0 saturated carbocycles. The molecule has 0 bridgehead atoms. The van der Waals surface area contributed by atoms with Gasteiger partial charge < -0.3 is 0 Å². The second-order valence-electron chi connectivity index (χ2n) is 2.21. The minimum absolute atomic E-state index is 0.142. The van der Waals surface area contributed by atoms with Crippen molar-refractivity contribution >= 4 is 39.4 Å². The fourth-order valence-corrected chi connectivity index (χ4v) is 2.77. The van der Waals surface area contributed by atoms with Gasteiger partial charge in [-0.3, -0.25) is 0 Å². The van der Waals surface area contributed by atoms with Gasteiger partial charge in [0.05, 0.1) is 0 Å². The van der Waals surface area contributed by atoms with E-state index in [4.69, 9.17) is 0 Å². The van der Waals surface area contributed by atoms with Gasteiger partial charge in [-0.05, 0) is 0 Å². The van der Waals surface area contributed by atoms with Crippen LogP contribution in [0.25, 0.3) is 0 Å². The molecule has 0 fully saturated rings. The molecule has 0 heterocycles. The van der Waals surface area contributed by atoms with Gasteiger partial charge in [-0.1, -0.05) is 0 Å². The van der Waals surface area contributed by atoms with Crippen LogP contribution in [0.3, 0.4) is 0 Å². The fraction of sp³-hybridized carbons (Fsp3) is 0.571. The third-order valence-electron chi connectivity index (χ3n) is 0.871. The molecule has 0 rings (SSSR count). The van der Waals surface area contributed by atoms with Gasteiger partial charge in [-0.25, -0.2) is 0 Å². The summed E-state index contributed by atoms with van der Waals surface area (Å²) in [7, 11) is 0. The zero-order chi connectivity index (χ0) is 11.1. The summed E-state index contributed by atoms with van der Waals surface area (Å²) in [6.45, 7) is 3.89. The summed E-state index contributed by atoms with van der Waals surface area (Å²) in [5.41, 5.74) is 0. The zero-order valence-corrected chi connectivity index (χ0v) is 10.7. The van der Waals surface area contributed by atoms with Gasteiger partial charge in [0.2, 0.25) is 0 Å². The third kappa shape index (κ3) is 6.71. The number of carbonyl (C=O) groups is 3. The van der Waals surface area contributed by atoms with Gasteiger partial charge in [0.25, 0.3) is 0 Å². The second-order valence-corrected chi connectivity index (χ2v) is 5.05. The molecule has 0 atom stereocenters. The molecule has 7 heteroatoms. The van der Waals surface area contributed by atoms with Crippen LogP contribution in [-0.2, 0) is 23.4 Å². The molecule has 0 radical (unpaired) electrons. The summed E-state index contributed by atoms with van der Waals surface area (Å²) >= 11 is -3.42. The molecule has 0 N–H and O–H groups in total. The van der Waals surface area contributed by atoms with Crippen molar-refractivity contribution in [2.24, 2.45) is 0 Å². The van der Waals surface area contributed by atoms with Crippen molar-refractivity contribution in [3.8, 4) is 0 Å². The average molecular weight is 313 g/mol. The molecule has 0 amide bonds. The normalized spacial score (nSPS) is 9.43. The summed E-state index contributed by atoms with van der Waals surface area (Å²) in [4.78, 5) is 31.9. The molecule has 0 aliphatic heterocycles. The monoisotopic (exact) mass is 312 g/mol. The Labute approximate surface area is 90.1 Å². The van der Waals surface area contributed by atoms with Crippen LogP contribution in [0.2, 0.25) is 0 Å². The topological polar surface area (TPSA) is 78.9 Å². The zero-order valence-electron chi connectivity index (χ0n) is 8.10. The van der Waals surface area contributed by atoms with Gasteiger partial charge in [0.1, 0.15) is 0 Å². The van der Waals surface area contributed by atoms with E-state index in [9.17, 15) is 14.4 Å². The van der Waals surface area contributed by atoms with Crippen LogP contribution in [0.4, 0.5) is 0 Å². The van der Waals surface area contributed by atoms with E-state index in [2.05, 4.69) is 9.05 Å². The molecular formula is C7H11O6Sb. The Morgan fingerprint density at radius 1 is 1.00 bits per heavy atom. The Balaban J connectivity index is 4.16. The number of carbonyl (C=O) groups excluding carboxylic acids is 3. The maximum absolute atomic E-state index is 10.8. The standard InChI is InChI=1S/C3H6O2.2C2H4O2.Sb/c1-2-3(4)5;2*1-2(3)4;/h2H2,1H3,(H,4,5);2*1H3,(H,3,4);/q;;;+3/p-3. The van der Waals surface area contributed by atoms with E-state index in [1.165, 1.54) is 0 Å².